The smallest absolute Gasteiger partial charge is 0.216 e. The Labute approximate surface area is 172 Å². The van der Waals surface area contributed by atoms with Gasteiger partial charge in [0.2, 0.25) is 4.77 Å². The highest BCUT2D eigenvalue weighted by Gasteiger charge is 2.14. The molecule has 2 N–H and O–H groups in total. The first kappa shape index (κ1) is 19.9. The molecule has 0 saturated heterocycles. The number of phenols is 1. The molecule has 0 aliphatic rings. The van der Waals surface area contributed by atoms with Crippen LogP contribution in [0.3, 0.4) is 0 Å². The van der Waals surface area contributed by atoms with Gasteiger partial charge in [0.05, 0.1) is 30.0 Å². The van der Waals surface area contributed by atoms with E-state index in [2.05, 4.69) is 15.3 Å². The fraction of sp³-hybridized carbons (Fsp3) is 0.211. The molecule has 0 aliphatic carbocycles. The lowest BCUT2D eigenvalue weighted by molar-refractivity contribution is 0.318. The molecule has 146 valence electrons. The van der Waals surface area contributed by atoms with Gasteiger partial charge in [-0.15, -0.1) is 0 Å². The van der Waals surface area contributed by atoms with E-state index in [0.29, 0.717) is 35.1 Å². The van der Waals surface area contributed by atoms with Crippen molar-refractivity contribution >= 4 is 30.0 Å². The van der Waals surface area contributed by atoms with Gasteiger partial charge >= 0.3 is 0 Å². The van der Waals surface area contributed by atoms with Crippen molar-refractivity contribution in [3.8, 4) is 28.6 Å². The summed E-state index contributed by atoms with van der Waals surface area (Å²) in [7, 11) is 0. The number of benzene rings is 2. The van der Waals surface area contributed by atoms with Crippen LogP contribution >= 0.6 is 23.8 Å². The van der Waals surface area contributed by atoms with Crippen LogP contribution in [-0.4, -0.2) is 39.4 Å². The summed E-state index contributed by atoms with van der Waals surface area (Å²) in [5, 5.41) is 21.6. The number of aromatic amines is 1. The van der Waals surface area contributed by atoms with Crippen LogP contribution in [0.4, 0.5) is 0 Å². The van der Waals surface area contributed by atoms with Gasteiger partial charge < -0.3 is 14.6 Å². The van der Waals surface area contributed by atoms with Gasteiger partial charge in [-0.1, -0.05) is 23.7 Å². The third-order valence-electron chi connectivity index (χ3n) is 3.75. The number of ether oxygens (including phenoxy) is 2. The summed E-state index contributed by atoms with van der Waals surface area (Å²) in [6.45, 7) is 4.66. The van der Waals surface area contributed by atoms with Crippen LogP contribution < -0.4 is 9.47 Å². The topological polar surface area (TPSA) is 84.7 Å². The zero-order valence-corrected chi connectivity index (χ0v) is 16.9. The Morgan fingerprint density at radius 1 is 1.21 bits per heavy atom. The molecule has 0 bridgehead atoms. The highest BCUT2D eigenvalue weighted by Crippen LogP contribution is 2.35. The number of hydrogen-bond donors (Lipinski definition) is 2. The Hall–Kier alpha value is -2.84. The van der Waals surface area contributed by atoms with E-state index in [0.717, 1.165) is 5.56 Å². The van der Waals surface area contributed by atoms with Crippen molar-refractivity contribution in [1.82, 2.24) is 14.9 Å². The highest BCUT2D eigenvalue weighted by molar-refractivity contribution is 7.71. The molecule has 0 fully saturated rings. The van der Waals surface area contributed by atoms with E-state index < -0.39 is 0 Å². The molecule has 0 amide bonds. The Kier molecular flexibility index (Phi) is 6.33. The molecule has 0 unspecified atom stereocenters. The number of phenolic OH excluding ortho intramolecular Hbond substituents is 1. The largest absolute Gasteiger partial charge is 0.503 e. The van der Waals surface area contributed by atoms with Gasteiger partial charge in [-0.05, 0) is 55.9 Å². The lowest BCUT2D eigenvalue weighted by atomic mass is 10.2. The summed E-state index contributed by atoms with van der Waals surface area (Å²) in [4.78, 5) is 0. The number of H-pyrrole nitrogens is 1. The fourth-order valence-electron chi connectivity index (χ4n) is 2.56. The molecule has 9 heteroatoms. The second-order valence-electron chi connectivity index (χ2n) is 5.62. The summed E-state index contributed by atoms with van der Waals surface area (Å²) >= 11 is 11.4. The van der Waals surface area contributed by atoms with Crippen LogP contribution in [0.15, 0.2) is 41.5 Å². The van der Waals surface area contributed by atoms with Gasteiger partial charge in [0, 0.05) is 0 Å². The van der Waals surface area contributed by atoms with Crippen molar-refractivity contribution in [3.05, 3.63) is 51.8 Å². The molecule has 0 saturated carbocycles. The minimum absolute atomic E-state index is 0.105. The minimum atomic E-state index is -0.105. The molecule has 2 aromatic carbocycles. The van der Waals surface area contributed by atoms with Crippen LogP contribution in [-0.2, 0) is 0 Å². The molecule has 0 aliphatic heterocycles. The van der Waals surface area contributed by atoms with Crippen LogP contribution in [0, 0.1) is 4.77 Å². The Morgan fingerprint density at radius 2 is 1.93 bits per heavy atom. The van der Waals surface area contributed by atoms with Crippen molar-refractivity contribution in [1.29, 1.82) is 0 Å². The van der Waals surface area contributed by atoms with Crippen molar-refractivity contribution in [2.75, 3.05) is 13.2 Å². The van der Waals surface area contributed by atoms with Crippen LogP contribution in [0.5, 0.6) is 17.2 Å². The molecule has 1 heterocycles. The van der Waals surface area contributed by atoms with Crippen molar-refractivity contribution in [2.45, 2.75) is 13.8 Å². The first-order chi connectivity index (χ1) is 13.5. The first-order valence-electron chi connectivity index (χ1n) is 8.64. The van der Waals surface area contributed by atoms with E-state index in [1.165, 1.54) is 4.68 Å². The lowest BCUT2D eigenvalue weighted by Crippen LogP contribution is -1.99. The normalized spacial score (nSPS) is 11.1. The second kappa shape index (κ2) is 8.90. The van der Waals surface area contributed by atoms with Crippen LogP contribution in [0.1, 0.15) is 19.4 Å². The summed E-state index contributed by atoms with van der Waals surface area (Å²) in [5.41, 5.74) is 1.39. The van der Waals surface area contributed by atoms with E-state index in [4.69, 9.17) is 33.3 Å². The Morgan fingerprint density at radius 3 is 2.68 bits per heavy atom. The van der Waals surface area contributed by atoms with Crippen molar-refractivity contribution < 1.29 is 14.6 Å². The maximum Gasteiger partial charge on any atom is 0.216 e. The van der Waals surface area contributed by atoms with Gasteiger partial charge in [0.15, 0.2) is 17.3 Å². The maximum atomic E-state index is 9.97. The zero-order valence-electron chi connectivity index (χ0n) is 15.3. The van der Waals surface area contributed by atoms with Gasteiger partial charge in [0.25, 0.3) is 0 Å². The molecule has 3 rings (SSSR count). The quantitative estimate of drug-likeness (QED) is 0.431. The lowest BCUT2D eigenvalue weighted by Gasteiger charge is -2.09. The van der Waals surface area contributed by atoms with Crippen molar-refractivity contribution in [3.63, 3.8) is 0 Å². The van der Waals surface area contributed by atoms with E-state index >= 15 is 0 Å². The molecule has 0 spiro atoms. The van der Waals surface area contributed by atoms with E-state index in [1.807, 2.05) is 38.1 Å². The number of halogens is 1. The molecule has 3 aromatic rings. The van der Waals surface area contributed by atoms with Crippen LogP contribution in [0.2, 0.25) is 5.02 Å². The number of aromatic nitrogens is 3. The summed E-state index contributed by atoms with van der Waals surface area (Å²) in [5.74, 6) is 1.38. The first-order valence-corrected chi connectivity index (χ1v) is 9.43. The average Bonchev–Trinajstić information content (AvgIpc) is 3.05. The average molecular weight is 419 g/mol. The zero-order chi connectivity index (χ0) is 20.1. The molecule has 7 nitrogen and oxygen atoms in total. The second-order valence-corrected chi connectivity index (χ2v) is 6.41. The maximum absolute atomic E-state index is 9.97. The van der Waals surface area contributed by atoms with Gasteiger partial charge in [-0.2, -0.15) is 14.9 Å². The Balaban J connectivity index is 2.01. The number of nitrogens with zero attached hydrogens (tertiary/aromatic N) is 3. The van der Waals surface area contributed by atoms with E-state index in [1.54, 1.807) is 18.3 Å². The van der Waals surface area contributed by atoms with Gasteiger partial charge in [-0.25, -0.2) is 5.10 Å². The third kappa shape index (κ3) is 4.18. The fourth-order valence-corrected chi connectivity index (χ4v) is 2.96. The predicted molar refractivity (Wildman–Crippen MR) is 111 cm³/mol. The molecular weight excluding hydrogens is 400 g/mol. The number of para-hydroxylation sites is 1. The Bertz CT molecular complexity index is 1060. The highest BCUT2D eigenvalue weighted by atomic mass is 35.5. The number of nitrogens with one attached hydrogen (secondary N) is 1. The molecular formula is C19H19ClN4O3S. The summed E-state index contributed by atoms with van der Waals surface area (Å²) < 4.78 is 12.9. The standard InChI is InChI=1S/C19H19ClN4O3S/c1-3-26-15-8-6-5-7-13(15)18-22-23-19(28)24(18)21-11-12-9-14(20)17(25)16(10-12)27-4-2/h5-11,25H,3-4H2,1-2H3,(H,23,28)/b21-11-. The van der Waals surface area contributed by atoms with Gasteiger partial charge in [0.1, 0.15) is 5.75 Å². The number of aromatic hydroxyl groups is 1. The summed E-state index contributed by atoms with van der Waals surface area (Å²) in [6.07, 6.45) is 1.56. The van der Waals surface area contributed by atoms with E-state index in [9.17, 15) is 5.11 Å². The van der Waals surface area contributed by atoms with E-state index in [-0.39, 0.29) is 16.5 Å². The molecule has 0 atom stereocenters. The van der Waals surface area contributed by atoms with Crippen LogP contribution in [0.25, 0.3) is 11.4 Å². The third-order valence-corrected chi connectivity index (χ3v) is 4.30. The molecule has 1 aromatic heterocycles. The minimum Gasteiger partial charge on any atom is -0.503 e. The molecule has 28 heavy (non-hydrogen) atoms. The number of rotatable bonds is 7. The summed E-state index contributed by atoms with van der Waals surface area (Å²) in [6, 6.07) is 10.7. The van der Waals surface area contributed by atoms with Gasteiger partial charge in [-0.3, -0.25) is 0 Å². The predicted octanol–water partition coefficient (Wildman–Crippen LogP) is 4.65. The SMILES string of the molecule is CCOc1ccccc1-c1n[nH]c(=S)n1/N=C\c1cc(Cl)c(O)c(OCC)c1. The van der Waals surface area contributed by atoms with Crippen molar-refractivity contribution in [2.24, 2.45) is 5.10 Å². The number of hydrogen-bond acceptors (Lipinski definition) is 6. The monoisotopic (exact) mass is 418 g/mol. The molecule has 0 radical (unpaired) electrons.